The van der Waals surface area contributed by atoms with Gasteiger partial charge in [-0.2, -0.15) is 0 Å². The first-order valence-corrected chi connectivity index (χ1v) is 11.9. The molecule has 0 spiro atoms. The van der Waals surface area contributed by atoms with Crippen molar-refractivity contribution in [1.82, 2.24) is 0 Å². The molecule has 0 bridgehead atoms. The number of hydrogen-bond donors (Lipinski definition) is 0. The number of carbonyl (C=O) groups excluding carboxylic acids is 2. The van der Waals surface area contributed by atoms with Gasteiger partial charge >= 0.3 is 0 Å². The highest BCUT2D eigenvalue weighted by atomic mass is 16.5. The van der Waals surface area contributed by atoms with Gasteiger partial charge in [-0.3, -0.25) is 9.59 Å². The van der Waals surface area contributed by atoms with Crippen molar-refractivity contribution in [1.29, 1.82) is 0 Å². The first kappa shape index (κ1) is 24.3. The van der Waals surface area contributed by atoms with Crippen molar-refractivity contribution >= 4 is 11.6 Å². The van der Waals surface area contributed by atoms with E-state index in [1.165, 1.54) is 7.11 Å². The predicted molar refractivity (Wildman–Crippen MR) is 132 cm³/mol. The molecule has 1 heterocycles. The Morgan fingerprint density at radius 1 is 0.943 bits per heavy atom. The molecule has 0 radical (unpaired) electrons. The largest absolute Gasteiger partial charge is 0.493 e. The van der Waals surface area contributed by atoms with Crippen molar-refractivity contribution in [2.75, 3.05) is 14.2 Å². The molecule has 2 aromatic rings. The molecule has 0 fully saturated rings. The van der Waals surface area contributed by atoms with Gasteiger partial charge in [0.15, 0.2) is 17.3 Å². The quantitative estimate of drug-likeness (QED) is 0.258. The lowest BCUT2D eigenvalue weighted by Gasteiger charge is -2.23. The van der Waals surface area contributed by atoms with E-state index in [0.717, 1.165) is 36.8 Å². The van der Waals surface area contributed by atoms with Crippen LogP contribution in [-0.2, 0) is 27.3 Å². The summed E-state index contributed by atoms with van der Waals surface area (Å²) >= 11 is 0. The molecule has 0 atom stereocenters. The fraction of sp³-hybridized carbons (Fsp3) is 0.310. The van der Waals surface area contributed by atoms with Crippen molar-refractivity contribution in [3.8, 4) is 11.5 Å². The van der Waals surface area contributed by atoms with Crippen LogP contribution in [0.2, 0.25) is 0 Å². The zero-order valence-electron chi connectivity index (χ0n) is 20.4. The molecule has 0 saturated carbocycles. The zero-order valence-corrected chi connectivity index (χ0v) is 20.4. The molecule has 1 aliphatic heterocycles. The Morgan fingerprint density at radius 2 is 1.71 bits per heavy atom. The second-order valence-corrected chi connectivity index (χ2v) is 8.49. The molecule has 1 aliphatic carbocycles. The van der Waals surface area contributed by atoms with E-state index in [2.05, 4.69) is 6.92 Å². The van der Waals surface area contributed by atoms with Crippen molar-refractivity contribution in [3.63, 3.8) is 0 Å². The van der Waals surface area contributed by atoms with Crippen molar-refractivity contribution < 1.29 is 28.5 Å². The first-order chi connectivity index (χ1) is 17.0. The minimum atomic E-state index is -0.661. The van der Waals surface area contributed by atoms with Crippen molar-refractivity contribution in [3.05, 3.63) is 94.2 Å². The van der Waals surface area contributed by atoms with Crippen LogP contribution in [0.4, 0.5) is 0 Å². The molecule has 6 nitrogen and oxygen atoms in total. The third-order valence-corrected chi connectivity index (χ3v) is 6.11. The number of allylic oxidation sites excluding steroid dienone is 4. The van der Waals surface area contributed by atoms with Crippen LogP contribution in [-0.4, -0.2) is 25.8 Å². The maximum atomic E-state index is 13.1. The zero-order chi connectivity index (χ0) is 24.8. The summed E-state index contributed by atoms with van der Waals surface area (Å²) in [6.07, 6.45) is 7.73. The summed E-state index contributed by atoms with van der Waals surface area (Å²) in [4.78, 5) is 26.1. The van der Waals surface area contributed by atoms with E-state index in [9.17, 15) is 9.59 Å². The molecule has 0 unspecified atom stereocenters. The number of fused-ring (bicyclic) bond motifs is 1. The summed E-state index contributed by atoms with van der Waals surface area (Å²) in [6, 6.07) is 13.4. The summed E-state index contributed by atoms with van der Waals surface area (Å²) in [5, 5.41) is 0. The van der Waals surface area contributed by atoms with Gasteiger partial charge in [-0.15, -0.1) is 0 Å². The molecular weight excluding hydrogens is 444 g/mol. The van der Waals surface area contributed by atoms with Crippen LogP contribution in [0.15, 0.2) is 77.5 Å². The van der Waals surface area contributed by atoms with Crippen LogP contribution < -0.4 is 9.47 Å². The van der Waals surface area contributed by atoms with E-state index < -0.39 is 11.6 Å². The highest BCUT2D eigenvalue weighted by molar-refractivity contribution is 6.50. The monoisotopic (exact) mass is 474 g/mol. The van der Waals surface area contributed by atoms with E-state index in [0.29, 0.717) is 41.6 Å². The number of benzene rings is 2. The molecule has 182 valence electrons. The number of rotatable bonds is 9. The first-order valence-electron chi connectivity index (χ1n) is 11.9. The van der Waals surface area contributed by atoms with E-state index >= 15 is 0 Å². The Labute approximate surface area is 205 Å². The third kappa shape index (κ3) is 5.32. The van der Waals surface area contributed by atoms with Crippen LogP contribution in [0, 0.1) is 0 Å². The van der Waals surface area contributed by atoms with Gasteiger partial charge in [-0.25, -0.2) is 0 Å². The van der Waals surface area contributed by atoms with Gasteiger partial charge in [0.25, 0.3) is 5.78 Å². The van der Waals surface area contributed by atoms with Gasteiger partial charge in [0.1, 0.15) is 18.1 Å². The van der Waals surface area contributed by atoms with Crippen LogP contribution in [0.1, 0.15) is 54.1 Å². The minimum Gasteiger partial charge on any atom is -0.493 e. The molecule has 2 aromatic carbocycles. The van der Waals surface area contributed by atoms with Crippen LogP contribution in [0.25, 0.3) is 0 Å². The van der Waals surface area contributed by atoms with Crippen molar-refractivity contribution in [2.45, 2.75) is 45.6 Å². The number of aryl methyl sites for hydroxylation is 1. The smallest absolute Gasteiger partial charge is 0.269 e. The van der Waals surface area contributed by atoms with Crippen LogP contribution in [0.5, 0.6) is 11.5 Å². The summed E-state index contributed by atoms with van der Waals surface area (Å²) in [6.45, 7) is 2.54. The van der Waals surface area contributed by atoms with Gasteiger partial charge in [0.2, 0.25) is 5.78 Å². The topological polar surface area (TPSA) is 71.1 Å². The minimum absolute atomic E-state index is 0.0104. The second kappa shape index (κ2) is 11.1. The fourth-order valence-electron chi connectivity index (χ4n) is 4.18. The van der Waals surface area contributed by atoms with Gasteiger partial charge < -0.3 is 18.9 Å². The van der Waals surface area contributed by atoms with Gasteiger partial charge in [-0.05, 0) is 48.6 Å². The molecule has 0 saturated heterocycles. The number of Topliss-reactive ketones (excluding diaryl/α,β-unsaturated/α-hetero) is 2. The number of ketones is 2. The molecule has 2 aliphatic rings. The highest BCUT2D eigenvalue weighted by Crippen LogP contribution is 2.37. The van der Waals surface area contributed by atoms with Gasteiger partial charge in [0.05, 0.1) is 19.8 Å². The molecule has 35 heavy (non-hydrogen) atoms. The average molecular weight is 475 g/mol. The Hall–Kier alpha value is -3.80. The molecule has 4 rings (SSSR count). The standard InChI is InChI=1S/C29H30O6/c1-4-5-7-12-20-15-22-25(17-24(20)34-18-19-10-8-6-9-11-19)35-29(28(31)27(22)30)21-13-14-23(32-2)26(16-21)33-3/h6,8-11,14-17H,4-5,7,12-13,18H2,1-3H3. The van der Waals surface area contributed by atoms with Crippen LogP contribution in [0.3, 0.4) is 0 Å². The highest BCUT2D eigenvalue weighted by Gasteiger charge is 2.35. The molecular formula is C29H30O6. The number of hydrogen-bond acceptors (Lipinski definition) is 6. The summed E-state index contributed by atoms with van der Waals surface area (Å²) in [5.74, 6) is 0.798. The van der Waals surface area contributed by atoms with Crippen molar-refractivity contribution in [2.24, 2.45) is 0 Å². The molecule has 0 amide bonds. The number of unbranched alkanes of at least 4 members (excludes halogenated alkanes) is 2. The average Bonchev–Trinajstić information content (AvgIpc) is 2.90. The Bertz CT molecular complexity index is 1200. The molecule has 6 heteroatoms. The summed E-state index contributed by atoms with van der Waals surface area (Å²) in [7, 11) is 3.07. The van der Waals surface area contributed by atoms with E-state index in [4.69, 9.17) is 18.9 Å². The third-order valence-electron chi connectivity index (χ3n) is 6.11. The van der Waals surface area contributed by atoms with E-state index in [1.807, 2.05) is 30.3 Å². The Balaban J connectivity index is 1.69. The normalized spacial score (nSPS) is 17.2. The SMILES string of the molecule is CCCCCc1cc2c(cc1OCc1ccccc1)OC(=C1C=C(OC)C(OC)=CC1)C(=O)C2=O. The second-order valence-electron chi connectivity index (χ2n) is 8.49. The predicted octanol–water partition coefficient (Wildman–Crippen LogP) is 5.86. The van der Waals surface area contributed by atoms with E-state index in [-0.39, 0.29) is 11.3 Å². The summed E-state index contributed by atoms with van der Waals surface area (Å²) in [5.41, 5.74) is 2.78. The molecule has 0 aromatic heterocycles. The molecule has 0 N–H and O–H groups in total. The Morgan fingerprint density at radius 3 is 2.43 bits per heavy atom. The summed E-state index contributed by atoms with van der Waals surface area (Å²) < 4.78 is 22.9. The maximum Gasteiger partial charge on any atom is 0.269 e. The number of ether oxygens (including phenoxy) is 4. The fourth-order valence-corrected chi connectivity index (χ4v) is 4.18. The lowest BCUT2D eigenvalue weighted by molar-refractivity contribution is -0.114. The Kier molecular flexibility index (Phi) is 7.70. The van der Waals surface area contributed by atoms with Crippen LogP contribution >= 0.6 is 0 Å². The lowest BCUT2D eigenvalue weighted by atomic mass is 9.93. The maximum absolute atomic E-state index is 13.1. The number of carbonyl (C=O) groups is 2. The van der Waals surface area contributed by atoms with E-state index in [1.54, 1.807) is 31.4 Å². The number of methoxy groups -OCH3 is 2. The lowest BCUT2D eigenvalue weighted by Crippen LogP contribution is -2.28. The van der Waals surface area contributed by atoms with Gasteiger partial charge in [0, 0.05) is 11.6 Å². The van der Waals surface area contributed by atoms with Gasteiger partial charge in [-0.1, -0.05) is 50.1 Å².